The van der Waals surface area contributed by atoms with Crippen LogP contribution in [-0.4, -0.2) is 45.7 Å². The zero-order valence-corrected chi connectivity index (χ0v) is 14.5. The van der Waals surface area contributed by atoms with Crippen molar-refractivity contribution in [2.75, 3.05) is 29.9 Å². The van der Waals surface area contributed by atoms with E-state index in [1.807, 2.05) is 13.8 Å². The van der Waals surface area contributed by atoms with Gasteiger partial charge in [0.25, 0.3) is 5.69 Å². The third-order valence-corrected chi connectivity index (χ3v) is 3.35. The minimum Gasteiger partial charge on any atom is -0.454 e. The van der Waals surface area contributed by atoms with Crippen molar-refractivity contribution in [3.8, 4) is 6.01 Å². The van der Waals surface area contributed by atoms with Gasteiger partial charge < -0.3 is 15.0 Å². The fourth-order valence-electron chi connectivity index (χ4n) is 2.06. The number of rotatable bonds is 8. The van der Waals surface area contributed by atoms with E-state index in [1.165, 1.54) is 24.3 Å². The van der Waals surface area contributed by atoms with Gasteiger partial charge in [0.05, 0.1) is 4.92 Å². The summed E-state index contributed by atoms with van der Waals surface area (Å²) < 4.78 is 41.9. The molecule has 0 spiro atoms. The quantitative estimate of drug-likeness (QED) is 0.544. The van der Waals surface area contributed by atoms with Gasteiger partial charge in [-0.3, -0.25) is 10.1 Å². The third kappa shape index (κ3) is 5.94. The molecule has 0 unspecified atom stereocenters. The van der Waals surface area contributed by atoms with E-state index < -0.39 is 23.7 Å². The molecule has 0 atom stereocenters. The second kappa shape index (κ2) is 8.47. The lowest BCUT2D eigenvalue weighted by Gasteiger charge is -2.19. The Morgan fingerprint density at radius 3 is 2.30 bits per heavy atom. The zero-order chi connectivity index (χ0) is 20.0. The van der Waals surface area contributed by atoms with Crippen LogP contribution in [0, 0.1) is 10.1 Å². The molecule has 0 amide bonds. The first-order valence-electron chi connectivity index (χ1n) is 7.94. The first-order chi connectivity index (χ1) is 12.7. The van der Waals surface area contributed by atoms with Gasteiger partial charge in [-0.1, -0.05) is 0 Å². The molecule has 12 heteroatoms. The highest BCUT2D eigenvalue weighted by Crippen LogP contribution is 2.22. The van der Waals surface area contributed by atoms with Crippen LogP contribution < -0.4 is 15.0 Å². The number of nitro groups is 1. The molecule has 1 heterocycles. The summed E-state index contributed by atoms with van der Waals surface area (Å²) in [5.41, 5.74) is 0.313. The SMILES string of the molecule is CCN(CC)c1nc(Nc2ccc([N+](=O)[O-])cc2)nc(OCC(F)(F)F)n1. The molecule has 2 rings (SSSR count). The Morgan fingerprint density at radius 2 is 1.78 bits per heavy atom. The average Bonchev–Trinajstić information content (AvgIpc) is 2.61. The van der Waals surface area contributed by atoms with E-state index >= 15 is 0 Å². The van der Waals surface area contributed by atoms with Gasteiger partial charge in [-0.15, -0.1) is 0 Å². The number of nitro benzene ring substituents is 1. The number of aromatic nitrogens is 3. The van der Waals surface area contributed by atoms with Crippen molar-refractivity contribution in [2.45, 2.75) is 20.0 Å². The molecule has 0 aliphatic heterocycles. The number of ether oxygens (including phenoxy) is 1. The Labute approximate surface area is 152 Å². The van der Waals surface area contributed by atoms with Crippen LogP contribution in [0.25, 0.3) is 0 Å². The zero-order valence-electron chi connectivity index (χ0n) is 14.5. The number of hydrogen-bond donors (Lipinski definition) is 1. The third-order valence-electron chi connectivity index (χ3n) is 3.35. The number of halogens is 3. The minimum absolute atomic E-state index is 0.0436. The second-order valence-electron chi connectivity index (χ2n) is 5.25. The molecule has 1 aromatic carbocycles. The lowest BCUT2D eigenvalue weighted by atomic mass is 10.3. The van der Waals surface area contributed by atoms with Crippen molar-refractivity contribution in [3.05, 3.63) is 34.4 Å². The molecular formula is C15H17F3N6O3. The fourth-order valence-corrected chi connectivity index (χ4v) is 2.06. The fraction of sp³-hybridized carbons (Fsp3) is 0.400. The van der Waals surface area contributed by atoms with E-state index in [4.69, 9.17) is 0 Å². The Kier molecular flexibility index (Phi) is 6.32. The maximum Gasteiger partial charge on any atom is 0.422 e. The van der Waals surface area contributed by atoms with Crippen LogP contribution in [0.5, 0.6) is 6.01 Å². The Balaban J connectivity index is 2.29. The molecule has 0 aliphatic rings. The van der Waals surface area contributed by atoms with E-state index in [0.717, 1.165) is 0 Å². The van der Waals surface area contributed by atoms with E-state index in [2.05, 4.69) is 25.0 Å². The predicted molar refractivity (Wildman–Crippen MR) is 91.3 cm³/mol. The smallest absolute Gasteiger partial charge is 0.422 e. The van der Waals surface area contributed by atoms with E-state index in [1.54, 1.807) is 4.90 Å². The van der Waals surface area contributed by atoms with Crippen LogP contribution in [-0.2, 0) is 0 Å². The van der Waals surface area contributed by atoms with E-state index in [0.29, 0.717) is 18.8 Å². The molecule has 27 heavy (non-hydrogen) atoms. The monoisotopic (exact) mass is 386 g/mol. The van der Waals surface area contributed by atoms with Gasteiger partial charge in [0.1, 0.15) is 0 Å². The molecule has 1 N–H and O–H groups in total. The van der Waals surface area contributed by atoms with Crippen molar-refractivity contribution < 1.29 is 22.8 Å². The predicted octanol–water partition coefficient (Wildman–Crippen LogP) is 3.31. The number of benzene rings is 1. The first-order valence-corrected chi connectivity index (χ1v) is 7.94. The minimum atomic E-state index is -4.53. The van der Waals surface area contributed by atoms with Crippen LogP contribution in [0.2, 0.25) is 0 Å². The van der Waals surface area contributed by atoms with Gasteiger partial charge in [0, 0.05) is 30.9 Å². The van der Waals surface area contributed by atoms with Gasteiger partial charge >= 0.3 is 12.2 Å². The molecule has 0 saturated heterocycles. The number of nitrogens with zero attached hydrogens (tertiary/aromatic N) is 5. The van der Waals surface area contributed by atoms with Crippen molar-refractivity contribution in [1.29, 1.82) is 0 Å². The van der Waals surface area contributed by atoms with Crippen LogP contribution in [0.3, 0.4) is 0 Å². The maximum atomic E-state index is 12.4. The van der Waals surface area contributed by atoms with Gasteiger partial charge in [0.2, 0.25) is 11.9 Å². The second-order valence-corrected chi connectivity index (χ2v) is 5.25. The summed E-state index contributed by atoms with van der Waals surface area (Å²) >= 11 is 0. The average molecular weight is 386 g/mol. The van der Waals surface area contributed by atoms with Crippen molar-refractivity contribution in [1.82, 2.24) is 15.0 Å². The van der Waals surface area contributed by atoms with Crippen LogP contribution in [0.15, 0.2) is 24.3 Å². The largest absolute Gasteiger partial charge is 0.454 e. The normalized spacial score (nSPS) is 11.1. The molecule has 2 aromatic rings. The summed E-state index contributed by atoms with van der Waals surface area (Å²) in [5, 5.41) is 13.5. The highest BCUT2D eigenvalue weighted by atomic mass is 19.4. The van der Waals surface area contributed by atoms with Gasteiger partial charge in [-0.25, -0.2) is 0 Å². The number of hydrogen-bond acceptors (Lipinski definition) is 8. The summed E-state index contributed by atoms with van der Waals surface area (Å²) in [6.45, 7) is 3.19. The molecule has 0 fully saturated rings. The Morgan fingerprint density at radius 1 is 1.15 bits per heavy atom. The van der Waals surface area contributed by atoms with Crippen LogP contribution in [0.4, 0.5) is 36.4 Å². The lowest BCUT2D eigenvalue weighted by molar-refractivity contribution is -0.384. The first kappa shape index (κ1) is 20.1. The highest BCUT2D eigenvalue weighted by Gasteiger charge is 2.29. The van der Waals surface area contributed by atoms with E-state index in [9.17, 15) is 23.3 Å². The molecule has 0 saturated carbocycles. The molecule has 0 aliphatic carbocycles. The molecule has 146 valence electrons. The molecule has 0 bridgehead atoms. The van der Waals surface area contributed by atoms with E-state index in [-0.39, 0.29) is 17.6 Å². The number of nitrogens with one attached hydrogen (secondary N) is 1. The van der Waals surface area contributed by atoms with Gasteiger partial charge in [0.15, 0.2) is 6.61 Å². The molecule has 1 aromatic heterocycles. The van der Waals surface area contributed by atoms with Gasteiger partial charge in [-0.2, -0.15) is 28.1 Å². The summed E-state index contributed by atoms with van der Waals surface area (Å²) in [6, 6.07) is 4.92. The van der Waals surface area contributed by atoms with Crippen molar-refractivity contribution in [3.63, 3.8) is 0 Å². The summed E-state index contributed by atoms with van der Waals surface area (Å²) in [5.74, 6) is 0.106. The lowest BCUT2D eigenvalue weighted by Crippen LogP contribution is -2.26. The standard InChI is InChI=1S/C15H17F3N6O3/c1-3-23(4-2)13-20-12(21-14(22-13)27-9-15(16,17)18)19-10-5-7-11(8-6-10)24(25)26/h5-8H,3-4,9H2,1-2H3,(H,19,20,21,22). The van der Waals surface area contributed by atoms with Crippen molar-refractivity contribution in [2.24, 2.45) is 0 Å². The highest BCUT2D eigenvalue weighted by molar-refractivity contribution is 5.56. The summed E-state index contributed by atoms with van der Waals surface area (Å²) in [6.07, 6.45) is -4.53. The van der Waals surface area contributed by atoms with Crippen molar-refractivity contribution >= 4 is 23.3 Å². The Hall–Kier alpha value is -3.18. The number of anilines is 3. The molecular weight excluding hydrogens is 369 g/mol. The maximum absolute atomic E-state index is 12.4. The summed E-state index contributed by atoms with van der Waals surface area (Å²) in [7, 11) is 0. The number of non-ortho nitro benzene ring substituents is 1. The molecule has 9 nitrogen and oxygen atoms in total. The van der Waals surface area contributed by atoms with Crippen LogP contribution in [0.1, 0.15) is 13.8 Å². The summed E-state index contributed by atoms with van der Waals surface area (Å²) in [4.78, 5) is 23.8. The topological polar surface area (TPSA) is 106 Å². The van der Waals surface area contributed by atoms with Crippen LogP contribution >= 0.6 is 0 Å². The Bertz CT molecular complexity index is 781. The molecule has 0 radical (unpaired) electrons. The van der Waals surface area contributed by atoms with Gasteiger partial charge in [-0.05, 0) is 26.0 Å². The number of alkyl halides is 3.